The van der Waals surface area contributed by atoms with Gasteiger partial charge in [-0.2, -0.15) is 4.73 Å². The monoisotopic (exact) mass is 744 g/mol. The molecule has 0 aliphatic heterocycles. The van der Waals surface area contributed by atoms with Crippen molar-refractivity contribution in [1.29, 1.82) is 0 Å². The molecule has 0 saturated carbocycles. The lowest BCUT2D eigenvalue weighted by molar-refractivity contribution is -0.605. The van der Waals surface area contributed by atoms with Crippen LogP contribution in [0, 0.1) is 5.21 Å². The van der Waals surface area contributed by atoms with Crippen LogP contribution in [0.25, 0.3) is 22.3 Å². The summed E-state index contributed by atoms with van der Waals surface area (Å²) in [5.74, 6) is 3.79. The van der Waals surface area contributed by atoms with Crippen molar-refractivity contribution in [1.82, 2.24) is 44.0 Å². The van der Waals surface area contributed by atoms with Gasteiger partial charge < -0.3 is 33.8 Å². The van der Waals surface area contributed by atoms with Gasteiger partial charge in [-0.05, 0) is 54.8 Å². The molecule has 2 N–H and O–H groups in total. The van der Waals surface area contributed by atoms with Crippen LogP contribution in [0.15, 0.2) is 89.9 Å². The van der Waals surface area contributed by atoms with Crippen LogP contribution in [0.1, 0.15) is 81.7 Å². The Morgan fingerprint density at radius 2 is 1.27 bits per heavy atom. The minimum Gasteiger partial charge on any atom is -0.619 e. The Bertz CT molecular complexity index is 2480. The lowest BCUT2D eigenvalue weighted by atomic mass is 10.2. The van der Waals surface area contributed by atoms with Gasteiger partial charge in [-0.25, -0.2) is 19.9 Å². The van der Waals surface area contributed by atoms with Crippen LogP contribution in [0.5, 0.6) is 11.5 Å². The van der Waals surface area contributed by atoms with Gasteiger partial charge in [-0.1, -0.05) is 33.8 Å². The molecule has 0 unspecified atom stereocenters. The van der Waals surface area contributed by atoms with Gasteiger partial charge in [0.05, 0.1) is 32.9 Å². The first-order chi connectivity index (χ1) is 26.7. The predicted molar refractivity (Wildman–Crippen MR) is 209 cm³/mol. The van der Waals surface area contributed by atoms with Crippen molar-refractivity contribution < 1.29 is 14.2 Å². The van der Waals surface area contributed by atoms with E-state index in [-0.39, 0.29) is 5.92 Å². The Labute approximate surface area is 319 Å². The molecule has 7 aromatic rings. The SMILES string of the molecule is CCN=c1ncn(Cc2cc[n+]([O-])cc2)c2nc(C(C)C)[nH]c12.CCN=c1ncn(Cc2ccc(OC)c(OCc3ccncc3)c2)c2nc(C(C)C)[nH]c12. The Hall–Kier alpha value is -6.38. The standard InChI is InChI=1S/C24H28N6O2.C16H20N6O/c1-5-26-23-21-24(29-22(28-21)16(2)3)30(15-27-23)13-18-6-7-19(31-4)20(12-18)32-14-17-8-10-25-11-9-17;1-4-17-15-13-16(20-14(19-13)11(2)3)21(10-18-15)9-12-5-7-22(23)8-6-12/h6-12,15-16H,5,13-14H2,1-4H3,(H,28,29);5-8,10-11H,4,9H2,1-3H3,(H,19,20). The minimum atomic E-state index is 0.277. The van der Waals surface area contributed by atoms with Gasteiger partial charge in [0.1, 0.15) is 29.3 Å². The highest BCUT2D eigenvalue weighted by Crippen LogP contribution is 2.29. The first-order valence-electron chi connectivity index (χ1n) is 18.4. The molecule has 0 amide bonds. The second kappa shape index (κ2) is 17.6. The maximum atomic E-state index is 11.1. The molecule has 0 saturated heterocycles. The van der Waals surface area contributed by atoms with Crippen molar-refractivity contribution in [2.45, 2.75) is 73.1 Å². The molecule has 15 nitrogen and oxygen atoms in total. The number of benzene rings is 1. The van der Waals surface area contributed by atoms with Crippen LogP contribution in [-0.2, 0) is 19.7 Å². The van der Waals surface area contributed by atoms with Crippen LogP contribution in [0.3, 0.4) is 0 Å². The van der Waals surface area contributed by atoms with Gasteiger partial charge in [0.15, 0.2) is 46.2 Å². The molecule has 55 heavy (non-hydrogen) atoms. The maximum absolute atomic E-state index is 11.1. The number of fused-ring (bicyclic) bond motifs is 2. The zero-order chi connectivity index (χ0) is 38.9. The van der Waals surface area contributed by atoms with Gasteiger partial charge in [0.2, 0.25) is 0 Å². The largest absolute Gasteiger partial charge is 0.619 e. The number of aromatic amines is 2. The summed E-state index contributed by atoms with van der Waals surface area (Å²) in [5, 5.41) is 11.1. The number of pyridine rings is 2. The van der Waals surface area contributed by atoms with Crippen molar-refractivity contribution in [2.24, 2.45) is 9.98 Å². The average molecular weight is 745 g/mol. The van der Waals surface area contributed by atoms with Crippen LogP contribution in [0.4, 0.5) is 0 Å². The molecule has 6 heterocycles. The number of imidazole rings is 2. The van der Waals surface area contributed by atoms with Crippen molar-refractivity contribution in [3.8, 4) is 11.5 Å². The molecule has 15 heteroatoms. The molecule has 1 aromatic carbocycles. The smallest absolute Gasteiger partial charge is 0.180 e. The third-order valence-electron chi connectivity index (χ3n) is 8.69. The number of ether oxygens (including phenoxy) is 2. The van der Waals surface area contributed by atoms with E-state index in [0.717, 1.165) is 55.4 Å². The first-order valence-corrected chi connectivity index (χ1v) is 18.4. The fourth-order valence-electron chi connectivity index (χ4n) is 5.81. The van der Waals surface area contributed by atoms with E-state index < -0.39 is 0 Å². The second-order valence-electron chi connectivity index (χ2n) is 13.5. The summed E-state index contributed by atoms with van der Waals surface area (Å²) >= 11 is 0. The fraction of sp³-hybridized carbons (Fsp3) is 0.350. The molecule has 0 aliphatic rings. The van der Waals surface area contributed by atoms with Gasteiger partial charge in [-0.3, -0.25) is 15.0 Å². The highest BCUT2D eigenvalue weighted by molar-refractivity contribution is 5.70. The van der Waals surface area contributed by atoms with Gasteiger partial charge >= 0.3 is 0 Å². The first kappa shape index (κ1) is 38.3. The van der Waals surface area contributed by atoms with Crippen LogP contribution in [0.2, 0.25) is 0 Å². The van der Waals surface area contributed by atoms with Crippen LogP contribution < -0.4 is 25.2 Å². The number of hydrogen-bond donors (Lipinski definition) is 2. The summed E-state index contributed by atoms with van der Waals surface area (Å²) in [6.45, 7) is 15.4. The molecular formula is C40H48N12O3. The van der Waals surface area contributed by atoms with Crippen molar-refractivity contribution in [3.63, 3.8) is 0 Å². The Morgan fingerprint density at radius 1 is 0.727 bits per heavy atom. The number of methoxy groups -OCH3 is 1. The predicted octanol–water partition coefficient (Wildman–Crippen LogP) is 5.32. The number of H-pyrrole nitrogens is 2. The Balaban J connectivity index is 0.000000197. The zero-order valence-electron chi connectivity index (χ0n) is 32.4. The minimum absolute atomic E-state index is 0.277. The van der Waals surface area contributed by atoms with Crippen molar-refractivity contribution in [3.05, 3.63) is 124 Å². The van der Waals surface area contributed by atoms with E-state index in [9.17, 15) is 5.21 Å². The normalized spacial score (nSPS) is 12.2. The lowest BCUT2D eigenvalue weighted by Crippen LogP contribution is -2.24. The Morgan fingerprint density at radius 3 is 1.78 bits per heavy atom. The van der Waals surface area contributed by atoms with Crippen molar-refractivity contribution in [2.75, 3.05) is 20.2 Å². The summed E-state index contributed by atoms with van der Waals surface area (Å²) < 4.78 is 16.3. The topological polar surface area (TPSA) is 176 Å². The number of hydrogen-bond acceptors (Lipinski definition) is 10. The van der Waals surface area contributed by atoms with E-state index in [1.165, 1.54) is 12.4 Å². The van der Waals surface area contributed by atoms with E-state index in [1.807, 2.05) is 53.3 Å². The van der Waals surface area contributed by atoms with Crippen LogP contribution >= 0.6 is 0 Å². The van der Waals surface area contributed by atoms with Crippen LogP contribution in [-0.4, -0.2) is 64.2 Å². The third kappa shape index (κ3) is 9.23. The van der Waals surface area contributed by atoms with Gasteiger partial charge in [-0.15, -0.1) is 0 Å². The number of rotatable bonds is 12. The number of nitrogens with one attached hydrogen (secondary N) is 2. The molecule has 0 radical (unpaired) electrons. The zero-order valence-corrected chi connectivity index (χ0v) is 32.4. The Kier molecular flexibility index (Phi) is 12.3. The quantitative estimate of drug-likeness (QED) is 0.125. The summed E-state index contributed by atoms with van der Waals surface area (Å²) in [5.41, 5.74) is 7.87. The molecule has 286 valence electrons. The summed E-state index contributed by atoms with van der Waals surface area (Å²) in [6, 6.07) is 13.4. The highest BCUT2D eigenvalue weighted by atomic mass is 16.5. The van der Waals surface area contributed by atoms with E-state index in [0.29, 0.717) is 61.2 Å². The fourth-order valence-corrected chi connectivity index (χ4v) is 5.81. The van der Waals surface area contributed by atoms with Gasteiger partial charge in [0.25, 0.3) is 0 Å². The number of nitrogens with zero attached hydrogens (tertiary/aromatic N) is 10. The molecule has 0 spiro atoms. The molecular weight excluding hydrogens is 697 g/mol. The molecule has 6 aromatic heterocycles. The molecule has 0 atom stereocenters. The summed E-state index contributed by atoms with van der Waals surface area (Å²) in [6.07, 6.45) is 10.0. The average Bonchev–Trinajstić information content (AvgIpc) is 3.86. The molecule has 7 rings (SSSR count). The van der Waals surface area contributed by atoms with Gasteiger partial charge in [0, 0.05) is 49.5 Å². The maximum Gasteiger partial charge on any atom is 0.180 e. The third-order valence-corrected chi connectivity index (χ3v) is 8.69. The highest BCUT2D eigenvalue weighted by Gasteiger charge is 2.15. The van der Waals surface area contributed by atoms with Crippen molar-refractivity contribution >= 4 is 22.3 Å². The summed E-state index contributed by atoms with van der Waals surface area (Å²) in [4.78, 5) is 38.3. The van der Waals surface area contributed by atoms with E-state index in [4.69, 9.17) is 19.4 Å². The number of aromatic nitrogens is 10. The van der Waals surface area contributed by atoms with E-state index in [2.05, 4.69) is 62.6 Å². The van der Waals surface area contributed by atoms with E-state index >= 15 is 0 Å². The lowest BCUT2D eigenvalue weighted by Gasteiger charge is -2.13. The second-order valence-corrected chi connectivity index (χ2v) is 13.5. The molecule has 0 bridgehead atoms. The molecule has 0 aliphatic carbocycles. The molecule has 0 fully saturated rings. The summed E-state index contributed by atoms with van der Waals surface area (Å²) in [7, 11) is 1.64. The van der Waals surface area contributed by atoms with E-state index in [1.54, 1.807) is 44.3 Å².